The molecule has 0 saturated carbocycles. The zero-order valence-corrected chi connectivity index (χ0v) is 13.3. The highest BCUT2D eigenvalue weighted by Crippen LogP contribution is 2.23. The van der Waals surface area contributed by atoms with Gasteiger partial charge in [-0.25, -0.2) is 9.97 Å². The molecule has 24 heavy (non-hydrogen) atoms. The number of rotatable bonds is 2. The van der Waals surface area contributed by atoms with E-state index in [1.165, 1.54) is 0 Å². The molecule has 0 saturated heterocycles. The third-order valence-electron chi connectivity index (χ3n) is 3.95. The summed E-state index contributed by atoms with van der Waals surface area (Å²) in [4.78, 5) is 49.7. The Labute approximate surface area is 135 Å². The highest BCUT2D eigenvalue weighted by atomic mass is 16.6. The summed E-state index contributed by atoms with van der Waals surface area (Å²) in [6.45, 7) is 4.00. The quantitative estimate of drug-likeness (QED) is 0.582. The number of fused-ring (bicyclic) bond motifs is 1. The molecule has 10 heteroatoms. The summed E-state index contributed by atoms with van der Waals surface area (Å²) in [5.74, 6) is 0.861. The molecule has 0 atom stereocenters. The van der Waals surface area contributed by atoms with Crippen LogP contribution in [0.1, 0.15) is 22.9 Å². The summed E-state index contributed by atoms with van der Waals surface area (Å²) in [6, 6.07) is 0. The van der Waals surface area contributed by atoms with Crippen LogP contribution in [0.4, 0.5) is 11.5 Å². The molecule has 0 bridgehead atoms. The molecule has 1 aliphatic heterocycles. The molecule has 1 aliphatic rings. The van der Waals surface area contributed by atoms with E-state index < -0.39 is 16.2 Å². The third-order valence-corrected chi connectivity index (χ3v) is 3.95. The number of nitro groups is 1. The SMILES string of the molecule is Cc1nc2c(c(=O)[nH]1)CCN(c1nc(C)[nH]c(=O)c1[N+](=O)[O-])CC2. The molecule has 0 spiro atoms. The molecule has 0 fully saturated rings. The molecule has 0 unspecified atom stereocenters. The van der Waals surface area contributed by atoms with E-state index in [-0.39, 0.29) is 11.4 Å². The summed E-state index contributed by atoms with van der Waals surface area (Å²) in [5.41, 5.74) is -0.292. The van der Waals surface area contributed by atoms with Crippen LogP contribution in [0, 0.1) is 24.0 Å². The number of nitrogens with zero attached hydrogens (tertiary/aromatic N) is 4. The largest absolute Gasteiger partial charge is 0.375 e. The van der Waals surface area contributed by atoms with Crippen molar-refractivity contribution in [3.63, 3.8) is 0 Å². The van der Waals surface area contributed by atoms with Crippen LogP contribution in [0.3, 0.4) is 0 Å². The van der Waals surface area contributed by atoms with Crippen molar-refractivity contribution in [3.05, 3.63) is 53.7 Å². The molecular weight excluding hydrogens is 316 g/mol. The molecule has 2 aromatic heterocycles. The monoisotopic (exact) mass is 332 g/mol. The molecule has 3 heterocycles. The third kappa shape index (κ3) is 2.77. The Morgan fingerprint density at radius 1 is 1.04 bits per heavy atom. The van der Waals surface area contributed by atoms with Crippen molar-refractivity contribution in [3.8, 4) is 0 Å². The fourth-order valence-corrected chi connectivity index (χ4v) is 2.89. The van der Waals surface area contributed by atoms with Crippen molar-refractivity contribution >= 4 is 11.5 Å². The molecule has 10 nitrogen and oxygen atoms in total. The van der Waals surface area contributed by atoms with Gasteiger partial charge in [-0.1, -0.05) is 0 Å². The highest BCUT2D eigenvalue weighted by Gasteiger charge is 2.28. The van der Waals surface area contributed by atoms with Gasteiger partial charge in [0.15, 0.2) is 0 Å². The van der Waals surface area contributed by atoms with Crippen molar-refractivity contribution in [1.82, 2.24) is 19.9 Å². The average Bonchev–Trinajstić information content (AvgIpc) is 2.68. The first-order valence-electron chi connectivity index (χ1n) is 7.45. The first kappa shape index (κ1) is 15.8. The van der Waals surface area contributed by atoms with Gasteiger partial charge in [-0.3, -0.25) is 19.7 Å². The predicted octanol–water partition coefficient (Wildman–Crippen LogP) is -0.0166. The van der Waals surface area contributed by atoms with E-state index in [1.807, 2.05) is 0 Å². The van der Waals surface area contributed by atoms with Gasteiger partial charge in [-0.15, -0.1) is 0 Å². The minimum atomic E-state index is -0.781. The van der Waals surface area contributed by atoms with Gasteiger partial charge in [0.25, 0.3) is 5.56 Å². The number of anilines is 1. The van der Waals surface area contributed by atoms with Gasteiger partial charge in [-0.05, 0) is 20.3 Å². The molecule has 0 aliphatic carbocycles. The average molecular weight is 332 g/mol. The van der Waals surface area contributed by atoms with E-state index >= 15 is 0 Å². The van der Waals surface area contributed by atoms with Gasteiger partial charge in [0.1, 0.15) is 11.6 Å². The van der Waals surface area contributed by atoms with E-state index in [1.54, 1.807) is 18.7 Å². The summed E-state index contributed by atoms with van der Waals surface area (Å²) in [6.07, 6.45) is 0.827. The van der Waals surface area contributed by atoms with Crippen LogP contribution in [0.5, 0.6) is 0 Å². The number of nitrogens with one attached hydrogen (secondary N) is 2. The molecule has 126 valence electrons. The number of H-pyrrole nitrogens is 2. The second kappa shape index (κ2) is 5.87. The van der Waals surface area contributed by atoms with Gasteiger partial charge in [0.2, 0.25) is 5.82 Å². The van der Waals surface area contributed by atoms with Crippen LogP contribution >= 0.6 is 0 Å². The Bertz CT molecular complexity index is 932. The lowest BCUT2D eigenvalue weighted by Crippen LogP contribution is -2.31. The second-order valence-electron chi connectivity index (χ2n) is 5.64. The van der Waals surface area contributed by atoms with Gasteiger partial charge in [0.05, 0.1) is 10.6 Å². The molecular formula is C14H16N6O4. The smallest absolute Gasteiger partial charge is 0.350 e. The molecule has 0 amide bonds. The fraction of sp³-hybridized carbons (Fsp3) is 0.429. The Kier molecular flexibility index (Phi) is 3.87. The Balaban J connectivity index is 2.02. The topological polar surface area (TPSA) is 138 Å². The summed E-state index contributed by atoms with van der Waals surface area (Å²) >= 11 is 0. The minimum absolute atomic E-state index is 0.0298. The lowest BCUT2D eigenvalue weighted by Gasteiger charge is -2.20. The molecule has 2 aromatic rings. The van der Waals surface area contributed by atoms with E-state index in [4.69, 9.17) is 0 Å². The number of hydrogen-bond acceptors (Lipinski definition) is 7. The van der Waals surface area contributed by atoms with Crippen LogP contribution in [-0.4, -0.2) is 37.9 Å². The second-order valence-corrected chi connectivity index (χ2v) is 5.64. The molecule has 0 aromatic carbocycles. The first-order valence-corrected chi connectivity index (χ1v) is 7.45. The van der Waals surface area contributed by atoms with Crippen molar-refractivity contribution in [2.45, 2.75) is 26.7 Å². The van der Waals surface area contributed by atoms with Gasteiger partial charge in [0, 0.05) is 25.1 Å². The van der Waals surface area contributed by atoms with Gasteiger partial charge in [-0.2, -0.15) is 0 Å². The summed E-state index contributed by atoms with van der Waals surface area (Å²) < 4.78 is 0. The Hall–Kier alpha value is -3.04. The van der Waals surface area contributed by atoms with Crippen LogP contribution in [0.2, 0.25) is 0 Å². The van der Waals surface area contributed by atoms with Crippen molar-refractivity contribution < 1.29 is 4.92 Å². The van der Waals surface area contributed by atoms with Crippen LogP contribution in [0.15, 0.2) is 9.59 Å². The predicted molar refractivity (Wildman–Crippen MR) is 85.5 cm³/mol. The van der Waals surface area contributed by atoms with Crippen LogP contribution < -0.4 is 16.0 Å². The molecule has 2 N–H and O–H groups in total. The zero-order chi connectivity index (χ0) is 17.4. The maximum absolute atomic E-state index is 12.1. The van der Waals surface area contributed by atoms with E-state index in [0.717, 1.165) is 0 Å². The molecule has 3 rings (SSSR count). The van der Waals surface area contributed by atoms with Crippen molar-refractivity contribution in [2.24, 2.45) is 0 Å². The van der Waals surface area contributed by atoms with Crippen LogP contribution in [-0.2, 0) is 12.8 Å². The lowest BCUT2D eigenvalue weighted by molar-refractivity contribution is -0.385. The number of aromatic nitrogens is 4. The maximum atomic E-state index is 12.1. The van der Waals surface area contributed by atoms with Crippen molar-refractivity contribution in [2.75, 3.05) is 18.0 Å². The minimum Gasteiger partial charge on any atom is -0.350 e. The fourth-order valence-electron chi connectivity index (χ4n) is 2.89. The first-order chi connectivity index (χ1) is 11.4. The number of aromatic amines is 2. The van der Waals surface area contributed by atoms with Gasteiger partial charge < -0.3 is 14.9 Å². The van der Waals surface area contributed by atoms with Crippen molar-refractivity contribution in [1.29, 1.82) is 0 Å². The van der Waals surface area contributed by atoms with E-state index in [9.17, 15) is 19.7 Å². The van der Waals surface area contributed by atoms with E-state index in [0.29, 0.717) is 48.8 Å². The Morgan fingerprint density at radius 3 is 2.38 bits per heavy atom. The number of aryl methyl sites for hydroxylation is 2. The highest BCUT2D eigenvalue weighted by molar-refractivity contribution is 5.57. The normalized spacial score (nSPS) is 14.2. The zero-order valence-electron chi connectivity index (χ0n) is 13.3. The lowest BCUT2D eigenvalue weighted by atomic mass is 10.1. The Morgan fingerprint density at radius 2 is 1.67 bits per heavy atom. The standard InChI is InChI=1S/C14H16N6O4/c1-7-15-10-4-6-19(5-3-9(10)13(21)17-7)12-11(20(23)24)14(22)18-8(2)16-12/h3-6H2,1-2H3,(H,15,17,21)(H,16,18,22). The van der Waals surface area contributed by atoms with Gasteiger partial charge >= 0.3 is 11.2 Å². The maximum Gasteiger partial charge on any atom is 0.375 e. The summed E-state index contributed by atoms with van der Waals surface area (Å²) in [5, 5.41) is 11.3. The summed E-state index contributed by atoms with van der Waals surface area (Å²) in [7, 11) is 0. The van der Waals surface area contributed by atoms with E-state index in [2.05, 4.69) is 19.9 Å². The molecule has 0 radical (unpaired) electrons. The van der Waals surface area contributed by atoms with Crippen LogP contribution in [0.25, 0.3) is 0 Å². The number of hydrogen-bond donors (Lipinski definition) is 2.